The van der Waals surface area contributed by atoms with E-state index in [1.54, 1.807) is 0 Å². The van der Waals surface area contributed by atoms with E-state index < -0.39 is 0 Å². The molecule has 0 unspecified atom stereocenters. The quantitative estimate of drug-likeness (QED) is 0.272. The van der Waals surface area contributed by atoms with Crippen molar-refractivity contribution >= 4 is 28.6 Å². The molecule has 0 saturated carbocycles. The Labute approximate surface area is 204 Å². The zero-order valence-corrected chi connectivity index (χ0v) is 20.3. The van der Waals surface area contributed by atoms with Gasteiger partial charge in [0.15, 0.2) is 5.82 Å². The molecule has 166 valence electrons. The number of anilines is 3. The molecular weight excluding hydrogens is 434 g/mol. The van der Waals surface area contributed by atoms with E-state index in [0.717, 1.165) is 27.6 Å². The summed E-state index contributed by atoms with van der Waals surface area (Å²) in [5.74, 6) is 0.771. The monoisotopic (exact) mass is 459 g/mol. The third-order valence-electron chi connectivity index (χ3n) is 6.74. The fraction of sp³-hybridized carbons (Fsp3) is 0.133. The Morgan fingerprint density at radius 3 is 1.85 bits per heavy atom. The van der Waals surface area contributed by atoms with E-state index in [-0.39, 0.29) is 5.41 Å². The first kappa shape index (κ1) is 20.8. The molecule has 4 aromatic carbocycles. The first-order valence-electron chi connectivity index (χ1n) is 11.5. The van der Waals surface area contributed by atoms with Crippen LogP contribution in [-0.2, 0) is 5.41 Å². The molecule has 0 fully saturated rings. The molecule has 0 radical (unpaired) electrons. The summed E-state index contributed by atoms with van der Waals surface area (Å²) < 4.78 is 4.64. The van der Waals surface area contributed by atoms with Crippen LogP contribution in [-0.4, -0.2) is 9.36 Å². The number of hydrogen-bond donors (Lipinski definition) is 0. The zero-order valence-electron chi connectivity index (χ0n) is 19.5. The predicted molar refractivity (Wildman–Crippen MR) is 142 cm³/mol. The van der Waals surface area contributed by atoms with Gasteiger partial charge in [-0.05, 0) is 66.0 Å². The Hall–Kier alpha value is -3.76. The standard InChI is InChI=1S/C30H25N3S/c1-20-12-14-22(15-13-20)29-31-28(32-34-29)21-16-18-23(19-17-21)33-26-10-6-4-8-24(26)30(2,3)25-9-5-7-11-27(25)33/h4-19H,1-3H3. The molecule has 0 spiro atoms. The number of aromatic nitrogens is 2. The molecule has 4 heteroatoms. The number of rotatable bonds is 3. The Kier molecular flexibility index (Phi) is 4.85. The molecule has 0 N–H and O–H groups in total. The Morgan fingerprint density at radius 2 is 1.24 bits per heavy atom. The second-order valence-electron chi connectivity index (χ2n) is 9.33. The van der Waals surface area contributed by atoms with Crippen molar-refractivity contribution in [2.45, 2.75) is 26.2 Å². The lowest BCUT2D eigenvalue weighted by Gasteiger charge is -2.42. The van der Waals surface area contributed by atoms with E-state index >= 15 is 0 Å². The van der Waals surface area contributed by atoms with Gasteiger partial charge in [0.05, 0.1) is 11.4 Å². The molecule has 34 heavy (non-hydrogen) atoms. The maximum Gasteiger partial charge on any atom is 0.173 e. The van der Waals surface area contributed by atoms with Crippen molar-refractivity contribution in [1.82, 2.24) is 9.36 Å². The van der Waals surface area contributed by atoms with Crippen molar-refractivity contribution in [3.05, 3.63) is 114 Å². The van der Waals surface area contributed by atoms with E-state index in [4.69, 9.17) is 4.98 Å². The topological polar surface area (TPSA) is 29.0 Å². The molecule has 0 aliphatic carbocycles. The lowest BCUT2D eigenvalue weighted by atomic mass is 9.73. The highest BCUT2D eigenvalue weighted by atomic mass is 32.1. The fourth-order valence-electron chi connectivity index (χ4n) is 4.86. The van der Waals surface area contributed by atoms with Crippen molar-refractivity contribution in [1.29, 1.82) is 0 Å². The van der Waals surface area contributed by atoms with Gasteiger partial charge in [-0.2, -0.15) is 4.37 Å². The maximum atomic E-state index is 4.81. The van der Waals surface area contributed by atoms with Gasteiger partial charge in [-0.25, -0.2) is 4.98 Å². The molecule has 5 aromatic rings. The van der Waals surface area contributed by atoms with Crippen LogP contribution in [0.3, 0.4) is 0 Å². The summed E-state index contributed by atoms with van der Waals surface area (Å²) in [5, 5.41) is 0.945. The summed E-state index contributed by atoms with van der Waals surface area (Å²) in [6, 6.07) is 34.5. The van der Waals surface area contributed by atoms with Gasteiger partial charge < -0.3 is 4.90 Å². The lowest BCUT2D eigenvalue weighted by Crippen LogP contribution is -2.30. The molecule has 2 heterocycles. The minimum absolute atomic E-state index is 0.0550. The van der Waals surface area contributed by atoms with Gasteiger partial charge in [0, 0.05) is 22.2 Å². The summed E-state index contributed by atoms with van der Waals surface area (Å²) in [6.45, 7) is 6.71. The van der Waals surface area contributed by atoms with Crippen LogP contribution in [0, 0.1) is 6.92 Å². The van der Waals surface area contributed by atoms with Crippen molar-refractivity contribution in [3.63, 3.8) is 0 Å². The summed E-state index contributed by atoms with van der Waals surface area (Å²) in [6.07, 6.45) is 0. The van der Waals surface area contributed by atoms with E-state index in [0.29, 0.717) is 0 Å². The average Bonchev–Trinajstić information content (AvgIpc) is 3.36. The largest absolute Gasteiger partial charge is 0.310 e. The number of benzene rings is 4. The van der Waals surface area contributed by atoms with E-state index in [2.05, 4.69) is 127 Å². The summed E-state index contributed by atoms with van der Waals surface area (Å²) in [7, 11) is 0. The third-order valence-corrected chi connectivity index (χ3v) is 7.51. The average molecular weight is 460 g/mol. The van der Waals surface area contributed by atoms with Gasteiger partial charge >= 0.3 is 0 Å². The van der Waals surface area contributed by atoms with Crippen molar-refractivity contribution in [2.75, 3.05) is 4.90 Å². The highest BCUT2D eigenvalue weighted by Crippen LogP contribution is 2.51. The van der Waals surface area contributed by atoms with Crippen molar-refractivity contribution in [2.24, 2.45) is 0 Å². The van der Waals surface area contributed by atoms with E-state index in [1.165, 1.54) is 39.6 Å². The second kappa shape index (κ2) is 7.93. The minimum Gasteiger partial charge on any atom is -0.310 e. The molecule has 0 bridgehead atoms. The molecule has 6 rings (SSSR count). The fourth-order valence-corrected chi connectivity index (χ4v) is 5.55. The molecule has 0 atom stereocenters. The highest BCUT2D eigenvalue weighted by Gasteiger charge is 2.36. The van der Waals surface area contributed by atoms with Crippen molar-refractivity contribution < 1.29 is 0 Å². The van der Waals surface area contributed by atoms with Gasteiger partial charge in [-0.1, -0.05) is 80.1 Å². The predicted octanol–water partition coefficient (Wildman–Crippen LogP) is 8.29. The van der Waals surface area contributed by atoms with Gasteiger partial charge in [0.25, 0.3) is 0 Å². The Bertz CT molecular complexity index is 1430. The number of hydrogen-bond acceptors (Lipinski definition) is 4. The SMILES string of the molecule is Cc1ccc(-c2nc(-c3ccc(N4c5ccccc5C(C)(C)c5ccccc54)cc3)ns2)cc1. The van der Waals surface area contributed by atoms with Crippen LogP contribution in [0.5, 0.6) is 0 Å². The van der Waals surface area contributed by atoms with Crippen LogP contribution >= 0.6 is 11.5 Å². The van der Waals surface area contributed by atoms with E-state index in [9.17, 15) is 0 Å². The molecule has 1 aliphatic heterocycles. The molecule has 0 saturated heterocycles. The summed E-state index contributed by atoms with van der Waals surface area (Å²) in [5.41, 5.74) is 9.58. The lowest BCUT2D eigenvalue weighted by molar-refractivity contribution is 0.632. The molecular formula is C30H25N3S. The smallest absolute Gasteiger partial charge is 0.173 e. The van der Waals surface area contributed by atoms with Gasteiger partial charge in [-0.15, -0.1) is 0 Å². The van der Waals surface area contributed by atoms with Gasteiger partial charge in [0.2, 0.25) is 0 Å². The molecule has 0 amide bonds. The van der Waals surface area contributed by atoms with Crippen molar-refractivity contribution in [3.8, 4) is 22.0 Å². The molecule has 1 aromatic heterocycles. The second-order valence-corrected chi connectivity index (χ2v) is 10.1. The first-order chi connectivity index (χ1) is 16.5. The van der Waals surface area contributed by atoms with Gasteiger partial charge in [-0.3, -0.25) is 0 Å². The Balaban J connectivity index is 1.39. The number of aryl methyl sites for hydroxylation is 1. The number of nitrogens with zero attached hydrogens (tertiary/aromatic N) is 3. The summed E-state index contributed by atoms with van der Waals surface area (Å²) >= 11 is 1.45. The third kappa shape index (κ3) is 3.34. The van der Waals surface area contributed by atoms with Gasteiger partial charge in [0.1, 0.15) is 5.01 Å². The van der Waals surface area contributed by atoms with Crippen LogP contribution in [0.25, 0.3) is 22.0 Å². The number of para-hydroxylation sites is 2. The van der Waals surface area contributed by atoms with Crippen LogP contribution in [0.4, 0.5) is 17.1 Å². The maximum absolute atomic E-state index is 4.81. The number of fused-ring (bicyclic) bond motifs is 2. The zero-order chi connectivity index (χ0) is 23.3. The van der Waals surface area contributed by atoms with Crippen LogP contribution in [0.2, 0.25) is 0 Å². The van der Waals surface area contributed by atoms with Crippen LogP contribution in [0.15, 0.2) is 97.1 Å². The normalized spacial score (nSPS) is 13.9. The molecule has 1 aliphatic rings. The minimum atomic E-state index is -0.0550. The molecule has 3 nitrogen and oxygen atoms in total. The first-order valence-corrected chi connectivity index (χ1v) is 12.3. The summed E-state index contributed by atoms with van der Waals surface area (Å²) in [4.78, 5) is 7.17. The van der Waals surface area contributed by atoms with Crippen LogP contribution < -0.4 is 4.90 Å². The Morgan fingerprint density at radius 1 is 0.676 bits per heavy atom. The highest BCUT2D eigenvalue weighted by molar-refractivity contribution is 7.09. The van der Waals surface area contributed by atoms with Crippen LogP contribution in [0.1, 0.15) is 30.5 Å². The van der Waals surface area contributed by atoms with E-state index in [1.807, 2.05) is 0 Å².